The summed E-state index contributed by atoms with van der Waals surface area (Å²) < 4.78 is 51.6. The lowest BCUT2D eigenvalue weighted by molar-refractivity contribution is 0.596. The Morgan fingerprint density at radius 2 is 1.63 bits per heavy atom. The van der Waals surface area contributed by atoms with E-state index in [1.807, 2.05) is 13.0 Å². The van der Waals surface area contributed by atoms with Gasteiger partial charge in [-0.3, -0.25) is 4.72 Å². The molecule has 0 atom stereocenters. The van der Waals surface area contributed by atoms with Crippen LogP contribution in [0.15, 0.2) is 46.2 Å². The minimum atomic E-state index is -3.95. The van der Waals surface area contributed by atoms with Crippen LogP contribution in [0.5, 0.6) is 0 Å². The van der Waals surface area contributed by atoms with E-state index in [4.69, 9.17) is 5.14 Å². The first-order valence-corrected chi connectivity index (χ1v) is 11.8. The van der Waals surface area contributed by atoms with E-state index in [2.05, 4.69) is 10.0 Å². The van der Waals surface area contributed by atoms with Gasteiger partial charge >= 0.3 is 0 Å². The molecule has 0 amide bonds. The topological polar surface area (TPSA) is 118 Å². The summed E-state index contributed by atoms with van der Waals surface area (Å²) in [6, 6.07) is 9.20. The largest absolute Gasteiger partial charge is 0.383 e. The first-order chi connectivity index (χ1) is 12.7. The van der Waals surface area contributed by atoms with Gasteiger partial charge < -0.3 is 5.32 Å². The molecular formula is C18H23N3O4S2. The van der Waals surface area contributed by atoms with Crippen LogP contribution in [-0.4, -0.2) is 23.4 Å². The van der Waals surface area contributed by atoms with Gasteiger partial charge in [0.1, 0.15) is 0 Å². The Labute approximate surface area is 160 Å². The van der Waals surface area contributed by atoms with Gasteiger partial charge in [0, 0.05) is 6.54 Å². The molecule has 27 heavy (non-hydrogen) atoms. The first-order valence-electron chi connectivity index (χ1n) is 8.76. The molecule has 7 nitrogen and oxygen atoms in total. The number of primary sulfonamides is 1. The van der Waals surface area contributed by atoms with Crippen molar-refractivity contribution in [1.82, 2.24) is 0 Å². The minimum Gasteiger partial charge on any atom is -0.383 e. The van der Waals surface area contributed by atoms with E-state index in [0.29, 0.717) is 12.2 Å². The van der Waals surface area contributed by atoms with Gasteiger partial charge in [0.05, 0.1) is 21.2 Å². The van der Waals surface area contributed by atoms with Crippen molar-refractivity contribution < 1.29 is 16.8 Å². The third kappa shape index (κ3) is 4.42. The van der Waals surface area contributed by atoms with Gasteiger partial charge in [-0.05, 0) is 67.1 Å². The molecule has 3 rings (SSSR count). The van der Waals surface area contributed by atoms with Crippen LogP contribution in [0.25, 0.3) is 0 Å². The predicted molar refractivity (Wildman–Crippen MR) is 106 cm³/mol. The van der Waals surface area contributed by atoms with Crippen LogP contribution >= 0.6 is 0 Å². The molecule has 2 aromatic rings. The summed E-state index contributed by atoms with van der Waals surface area (Å²) in [5.74, 6) is 0. The van der Waals surface area contributed by atoms with Gasteiger partial charge in [-0.25, -0.2) is 22.0 Å². The maximum atomic E-state index is 12.9. The Kier molecular flexibility index (Phi) is 5.45. The molecule has 0 heterocycles. The maximum Gasteiger partial charge on any atom is 0.261 e. The second-order valence-corrected chi connectivity index (χ2v) is 9.81. The third-order valence-corrected chi connectivity index (χ3v) is 6.78. The number of nitrogens with two attached hydrogens (primary N) is 1. The highest BCUT2D eigenvalue weighted by molar-refractivity contribution is 7.92. The number of hydrogen-bond acceptors (Lipinski definition) is 5. The van der Waals surface area contributed by atoms with Crippen LogP contribution in [0.4, 0.5) is 11.4 Å². The lowest BCUT2D eigenvalue weighted by Crippen LogP contribution is -2.17. The zero-order valence-electron chi connectivity index (χ0n) is 15.0. The molecule has 1 aliphatic carbocycles. The molecule has 0 spiro atoms. The Hall–Kier alpha value is -2.10. The number of fused-ring (bicyclic) bond motifs is 1. The van der Waals surface area contributed by atoms with Crippen molar-refractivity contribution in [2.24, 2.45) is 5.14 Å². The number of nitrogens with one attached hydrogen (secondary N) is 2. The van der Waals surface area contributed by atoms with Gasteiger partial charge in [0.25, 0.3) is 10.0 Å². The minimum absolute atomic E-state index is 0.149. The molecule has 0 fully saturated rings. The van der Waals surface area contributed by atoms with Gasteiger partial charge in [0.15, 0.2) is 0 Å². The summed E-state index contributed by atoms with van der Waals surface area (Å²) in [6.07, 6.45) is 3.68. The zero-order valence-corrected chi connectivity index (χ0v) is 16.7. The number of hydrogen-bond donors (Lipinski definition) is 3. The van der Waals surface area contributed by atoms with Gasteiger partial charge in [-0.2, -0.15) is 0 Å². The Morgan fingerprint density at radius 3 is 2.33 bits per heavy atom. The monoisotopic (exact) mass is 409 g/mol. The second kappa shape index (κ2) is 7.49. The van der Waals surface area contributed by atoms with Gasteiger partial charge in [0.2, 0.25) is 10.0 Å². The highest BCUT2D eigenvalue weighted by Crippen LogP contribution is 2.29. The first kappa shape index (κ1) is 19.7. The normalized spacial score (nSPS) is 14.0. The summed E-state index contributed by atoms with van der Waals surface area (Å²) in [5.41, 5.74) is 2.86. The van der Waals surface area contributed by atoms with Crippen LogP contribution in [0.1, 0.15) is 30.9 Å². The smallest absolute Gasteiger partial charge is 0.261 e. The van der Waals surface area contributed by atoms with Gasteiger partial charge in [-0.15, -0.1) is 0 Å². The highest BCUT2D eigenvalue weighted by atomic mass is 32.2. The Balaban J connectivity index is 1.99. The molecule has 1 aliphatic rings. The molecule has 0 bridgehead atoms. The molecule has 9 heteroatoms. The number of benzene rings is 2. The number of sulfonamides is 2. The molecule has 4 N–H and O–H groups in total. The highest BCUT2D eigenvalue weighted by Gasteiger charge is 2.21. The van der Waals surface area contributed by atoms with E-state index >= 15 is 0 Å². The summed E-state index contributed by atoms with van der Waals surface area (Å²) in [6.45, 7) is 2.59. The van der Waals surface area contributed by atoms with Crippen molar-refractivity contribution in [2.75, 3.05) is 16.6 Å². The van der Waals surface area contributed by atoms with E-state index in [1.54, 1.807) is 12.1 Å². The van der Waals surface area contributed by atoms with E-state index in [-0.39, 0.29) is 15.5 Å². The lowest BCUT2D eigenvalue weighted by atomic mass is 10.1. The molecule has 0 unspecified atom stereocenters. The average Bonchev–Trinajstić information content (AvgIpc) is 3.07. The Morgan fingerprint density at radius 1 is 0.926 bits per heavy atom. The second-order valence-electron chi connectivity index (χ2n) is 6.57. The summed E-state index contributed by atoms with van der Waals surface area (Å²) in [5, 5.41) is 8.28. The van der Waals surface area contributed by atoms with Crippen molar-refractivity contribution in [3.63, 3.8) is 0 Å². The fourth-order valence-electron chi connectivity index (χ4n) is 3.12. The number of aryl methyl sites for hydroxylation is 2. The van der Waals surface area contributed by atoms with Gasteiger partial charge in [-0.1, -0.05) is 13.0 Å². The van der Waals surface area contributed by atoms with E-state index < -0.39 is 20.0 Å². The molecule has 0 aliphatic heterocycles. The van der Waals surface area contributed by atoms with Crippen molar-refractivity contribution in [1.29, 1.82) is 0 Å². The molecule has 146 valence electrons. The van der Waals surface area contributed by atoms with E-state index in [9.17, 15) is 16.8 Å². The fraction of sp³-hybridized carbons (Fsp3) is 0.333. The number of rotatable bonds is 7. The van der Waals surface area contributed by atoms with E-state index in [0.717, 1.165) is 31.2 Å². The van der Waals surface area contributed by atoms with Crippen LogP contribution in [0.3, 0.4) is 0 Å². The van der Waals surface area contributed by atoms with E-state index in [1.165, 1.54) is 23.8 Å². The quantitative estimate of drug-likeness (QED) is 0.649. The lowest BCUT2D eigenvalue weighted by Gasteiger charge is -2.15. The van der Waals surface area contributed by atoms with Crippen LogP contribution in [-0.2, 0) is 32.9 Å². The van der Waals surface area contributed by atoms with Crippen LogP contribution < -0.4 is 15.2 Å². The van der Waals surface area contributed by atoms with Crippen LogP contribution in [0.2, 0.25) is 0 Å². The van der Waals surface area contributed by atoms with Crippen molar-refractivity contribution in [3.05, 3.63) is 47.5 Å². The van der Waals surface area contributed by atoms with Crippen LogP contribution in [0, 0.1) is 0 Å². The summed E-state index contributed by atoms with van der Waals surface area (Å²) in [4.78, 5) is 0.00167. The molecule has 0 radical (unpaired) electrons. The number of anilines is 2. The predicted octanol–water partition coefficient (Wildman–Crippen LogP) is 2.45. The standard InChI is InChI=1S/C18H23N3O4S2/c1-2-10-20-17-9-8-15(26(19,22)23)12-18(17)21-27(24,25)16-7-6-13-4-3-5-14(13)11-16/h6-9,11-12,20-21H,2-5,10H2,1H3,(H2,19,22,23). The summed E-state index contributed by atoms with van der Waals surface area (Å²) >= 11 is 0. The molecule has 2 aromatic carbocycles. The third-order valence-electron chi connectivity index (χ3n) is 4.51. The molecule has 0 saturated heterocycles. The van der Waals surface area contributed by atoms with Crippen molar-refractivity contribution >= 4 is 31.4 Å². The average molecular weight is 410 g/mol. The molecular weight excluding hydrogens is 386 g/mol. The fourth-order valence-corrected chi connectivity index (χ4v) is 4.78. The van der Waals surface area contributed by atoms with Crippen molar-refractivity contribution in [3.8, 4) is 0 Å². The molecule has 0 aromatic heterocycles. The van der Waals surface area contributed by atoms with Crippen molar-refractivity contribution in [2.45, 2.75) is 42.4 Å². The SMILES string of the molecule is CCCNc1ccc(S(N)(=O)=O)cc1NS(=O)(=O)c1ccc2c(c1)CCC2. The zero-order chi connectivity index (χ0) is 19.7. The Bertz CT molecular complexity index is 1060. The summed E-state index contributed by atoms with van der Waals surface area (Å²) in [7, 11) is -7.82. The molecule has 0 saturated carbocycles. The maximum absolute atomic E-state index is 12.9.